The number of aryl methyl sites for hydroxylation is 1. The van der Waals surface area contributed by atoms with Gasteiger partial charge in [-0.3, -0.25) is 0 Å². The van der Waals surface area contributed by atoms with E-state index in [0.717, 1.165) is 19.3 Å². The van der Waals surface area contributed by atoms with E-state index in [-0.39, 0.29) is 0 Å². The Labute approximate surface area is 114 Å². The lowest BCUT2D eigenvalue weighted by atomic mass is 10.0. The molecule has 0 radical (unpaired) electrons. The van der Waals surface area contributed by atoms with Gasteiger partial charge in [-0.25, -0.2) is 4.39 Å². The molecule has 1 aromatic carbocycles. The topological polar surface area (TPSA) is 20.2 Å². The maximum atomic E-state index is 13.4. The minimum Gasteiger partial charge on any atom is -0.505 e. The first-order valence-electron chi connectivity index (χ1n) is 7.32. The van der Waals surface area contributed by atoms with Crippen molar-refractivity contribution in [2.75, 3.05) is 0 Å². The molecule has 0 aromatic heterocycles. The predicted molar refractivity (Wildman–Crippen MR) is 74.3 cm³/mol. The molecule has 0 unspecified atom stereocenters. The molecular weight excluding hydrogens is 246 g/mol. The molecule has 1 nitrogen and oxygen atoms in total. The molecule has 19 heavy (non-hydrogen) atoms. The monoisotopic (exact) mass is 270 g/mol. The van der Waals surface area contributed by atoms with Crippen LogP contribution in [0.15, 0.2) is 12.1 Å². The summed E-state index contributed by atoms with van der Waals surface area (Å²) >= 11 is 0. The van der Waals surface area contributed by atoms with Gasteiger partial charge in [-0.2, -0.15) is 4.39 Å². The Morgan fingerprint density at radius 3 is 2.05 bits per heavy atom. The number of hydrogen-bond acceptors (Lipinski definition) is 1. The smallest absolute Gasteiger partial charge is 0.200 e. The van der Waals surface area contributed by atoms with Crippen LogP contribution in [0.2, 0.25) is 0 Å². The van der Waals surface area contributed by atoms with Crippen LogP contribution in [-0.2, 0) is 6.42 Å². The zero-order valence-electron chi connectivity index (χ0n) is 11.7. The molecule has 0 spiro atoms. The van der Waals surface area contributed by atoms with Crippen molar-refractivity contribution in [1.82, 2.24) is 0 Å². The van der Waals surface area contributed by atoms with Crippen LogP contribution in [0.3, 0.4) is 0 Å². The van der Waals surface area contributed by atoms with Gasteiger partial charge in [-0.1, -0.05) is 57.9 Å². The van der Waals surface area contributed by atoms with Crippen molar-refractivity contribution in [3.8, 4) is 5.75 Å². The van der Waals surface area contributed by atoms with Crippen molar-refractivity contribution >= 4 is 0 Å². The van der Waals surface area contributed by atoms with Gasteiger partial charge < -0.3 is 5.11 Å². The van der Waals surface area contributed by atoms with Crippen molar-refractivity contribution in [1.29, 1.82) is 0 Å². The maximum absolute atomic E-state index is 13.4. The molecule has 0 bridgehead atoms. The highest BCUT2D eigenvalue weighted by atomic mass is 19.2. The fraction of sp³-hybridized carbons (Fsp3) is 0.625. The van der Waals surface area contributed by atoms with Crippen LogP contribution in [0, 0.1) is 11.6 Å². The second-order valence-electron chi connectivity index (χ2n) is 5.10. The third kappa shape index (κ3) is 5.58. The number of hydrogen-bond donors (Lipinski definition) is 1. The van der Waals surface area contributed by atoms with Gasteiger partial charge in [0.1, 0.15) is 0 Å². The second-order valence-corrected chi connectivity index (χ2v) is 5.10. The molecule has 0 aliphatic carbocycles. The molecule has 0 aliphatic heterocycles. The van der Waals surface area contributed by atoms with Crippen molar-refractivity contribution < 1.29 is 13.9 Å². The number of unbranched alkanes of at least 4 members (excludes halogenated alkanes) is 7. The second kappa shape index (κ2) is 8.89. The lowest BCUT2D eigenvalue weighted by Crippen LogP contribution is -1.95. The Kier molecular flexibility index (Phi) is 7.46. The summed E-state index contributed by atoms with van der Waals surface area (Å²) < 4.78 is 26.6. The van der Waals surface area contributed by atoms with E-state index < -0.39 is 17.4 Å². The van der Waals surface area contributed by atoms with Crippen molar-refractivity contribution in [3.05, 3.63) is 29.3 Å². The SMILES string of the molecule is CCCCCCCCCCc1ccc(O)c(F)c1F. The van der Waals surface area contributed by atoms with Gasteiger partial charge in [0.15, 0.2) is 11.6 Å². The van der Waals surface area contributed by atoms with Crippen LogP contribution < -0.4 is 0 Å². The number of phenolic OH excluding ortho intramolecular Hbond substituents is 1. The normalized spacial score (nSPS) is 10.9. The number of phenols is 1. The van der Waals surface area contributed by atoms with Gasteiger partial charge in [0.25, 0.3) is 0 Å². The van der Waals surface area contributed by atoms with Gasteiger partial charge >= 0.3 is 0 Å². The van der Waals surface area contributed by atoms with E-state index >= 15 is 0 Å². The molecule has 0 saturated carbocycles. The van der Waals surface area contributed by atoms with E-state index in [4.69, 9.17) is 5.11 Å². The highest BCUT2D eigenvalue weighted by molar-refractivity contribution is 5.29. The summed E-state index contributed by atoms with van der Waals surface area (Å²) in [4.78, 5) is 0. The first kappa shape index (κ1) is 15.9. The first-order chi connectivity index (χ1) is 9.16. The molecule has 0 fully saturated rings. The average Bonchev–Trinajstić information content (AvgIpc) is 2.41. The fourth-order valence-corrected chi connectivity index (χ4v) is 2.22. The zero-order chi connectivity index (χ0) is 14.1. The molecule has 0 amide bonds. The molecular formula is C16H24F2O. The number of halogens is 2. The molecule has 3 heteroatoms. The summed E-state index contributed by atoms with van der Waals surface area (Å²) in [5.41, 5.74) is 0.362. The predicted octanol–water partition coefficient (Wildman–Crippen LogP) is 5.35. The van der Waals surface area contributed by atoms with Crippen molar-refractivity contribution in [2.45, 2.75) is 64.7 Å². The van der Waals surface area contributed by atoms with Crippen molar-refractivity contribution in [3.63, 3.8) is 0 Å². The van der Waals surface area contributed by atoms with Crippen LogP contribution >= 0.6 is 0 Å². The Balaban J connectivity index is 2.18. The molecule has 1 aromatic rings. The summed E-state index contributed by atoms with van der Waals surface area (Å²) in [5.74, 6) is -2.64. The summed E-state index contributed by atoms with van der Waals surface area (Å²) in [6.07, 6.45) is 9.98. The minimum atomic E-state index is -1.13. The van der Waals surface area contributed by atoms with Gasteiger partial charge in [0.2, 0.25) is 5.82 Å². The van der Waals surface area contributed by atoms with Crippen molar-refractivity contribution in [2.24, 2.45) is 0 Å². The Hall–Kier alpha value is -1.12. The van der Waals surface area contributed by atoms with E-state index in [1.54, 1.807) is 0 Å². The minimum absolute atomic E-state index is 0.362. The largest absolute Gasteiger partial charge is 0.505 e. The molecule has 0 heterocycles. The Bertz CT molecular complexity index is 377. The highest BCUT2D eigenvalue weighted by Gasteiger charge is 2.11. The van der Waals surface area contributed by atoms with Crippen LogP contribution in [0.4, 0.5) is 8.78 Å². The summed E-state index contributed by atoms with van der Waals surface area (Å²) in [6, 6.07) is 2.69. The molecule has 108 valence electrons. The average molecular weight is 270 g/mol. The lowest BCUT2D eigenvalue weighted by molar-refractivity contribution is 0.403. The zero-order valence-corrected chi connectivity index (χ0v) is 11.7. The molecule has 0 saturated heterocycles. The van der Waals surface area contributed by atoms with Gasteiger partial charge in [0, 0.05) is 0 Å². The lowest BCUT2D eigenvalue weighted by Gasteiger charge is -2.05. The molecule has 0 aliphatic rings. The Morgan fingerprint density at radius 2 is 1.42 bits per heavy atom. The van der Waals surface area contributed by atoms with E-state index in [1.807, 2.05) is 0 Å². The quantitative estimate of drug-likeness (QED) is 0.599. The third-order valence-electron chi connectivity index (χ3n) is 3.44. The summed E-state index contributed by atoms with van der Waals surface area (Å²) in [5, 5.41) is 9.02. The first-order valence-corrected chi connectivity index (χ1v) is 7.32. The van der Waals surface area contributed by atoms with E-state index in [1.165, 1.54) is 44.2 Å². The third-order valence-corrected chi connectivity index (χ3v) is 3.44. The van der Waals surface area contributed by atoms with Gasteiger partial charge in [0.05, 0.1) is 0 Å². The molecule has 0 atom stereocenters. The van der Waals surface area contributed by atoms with Crippen LogP contribution in [0.25, 0.3) is 0 Å². The highest BCUT2D eigenvalue weighted by Crippen LogP contribution is 2.22. The van der Waals surface area contributed by atoms with E-state index in [2.05, 4.69) is 6.92 Å². The van der Waals surface area contributed by atoms with E-state index in [9.17, 15) is 8.78 Å². The van der Waals surface area contributed by atoms with Crippen LogP contribution in [0.5, 0.6) is 5.75 Å². The fourth-order valence-electron chi connectivity index (χ4n) is 2.22. The van der Waals surface area contributed by atoms with E-state index in [0.29, 0.717) is 12.0 Å². The Morgan fingerprint density at radius 1 is 0.842 bits per heavy atom. The summed E-state index contributed by atoms with van der Waals surface area (Å²) in [6.45, 7) is 2.20. The number of rotatable bonds is 9. The number of aromatic hydroxyl groups is 1. The van der Waals surface area contributed by atoms with Crippen LogP contribution in [-0.4, -0.2) is 5.11 Å². The maximum Gasteiger partial charge on any atom is 0.200 e. The summed E-state index contributed by atoms with van der Waals surface area (Å²) in [7, 11) is 0. The number of benzene rings is 1. The molecule has 1 N–H and O–H groups in total. The molecule has 1 rings (SSSR count). The van der Waals surface area contributed by atoms with Crippen LogP contribution in [0.1, 0.15) is 63.9 Å². The van der Waals surface area contributed by atoms with Gasteiger partial charge in [-0.15, -0.1) is 0 Å². The standard InChI is InChI=1S/C16H24F2O/c1-2-3-4-5-6-7-8-9-10-13-11-12-14(19)16(18)15(13)17/h11-12,19H,2-10H2,1H3. The van der Waals surface area contributed by atoms with Gasteiger partial charge in [-0.05, 0) is 24.5 Å².